The number of aromatic nitrogens is 2. The second kappa shape index (κ2) is 9.96. The van der Waals surface area contributed by atoms with Crippen LogP contribution in [0.15, 0.2) is 18.7 Å². The first-order valence-electron chi connectivity index (χ1n) is 7.66. The predicted octanol–water partition coefficient (Wildman–Crippen LogP) is -2.12. The van der Waals surface area contributed by atoms with Crippen LogP contribution in [0.25, 0.3) is 0 Å². The lowest BCUT2D eigenvalue weighted by Gasteiger charge is -2.30. The Bertz CT molecular complexity index is 940. The van der Waals surface area contributed by atoms with E-state index < -0.39 is 59.6 Å². The van der Waals surface area contributed by atoms with E-state index in [1.165, 1.54) is 6.20 Å². The maximum atomic E-state index is 10.9. The lowest BCUT2D eigenvalue weighted by atomic mass is 10.3. The summed E-state index contributed by atoms with van der Waals surface area (Å²) in [7, 11) is -21.7. The predicted molar refractivity (Wildman–Crippen MR) is 103 cm³/mol. The molecular formula is C9H19N3O15P4S. The zero-order chi connectivity index (χ0) is 25.2. The van der Waals surface area contributed by atoms with Crippen LogP contribution in [0.3, 0.4) is 0 Å². The zero-order valence-electron chi connectivity index (χ0n) is 15.3. The SMILES string of the molecule is O=P(O)(O)C(O)(CC1NC=CO1)P(=O)(O)O.O=P(O)(O)C(O)(Cc1cnsn1)P(=O)(O)O. The van der Waals surface area contributed by atoms with Gasteiger partial charge in [-0.25, -0.2) is 0 Å². The Morgan fingerprint density at radius 2 is 1.38 bits per heavy atom. The molecule has 1 aromatic rings. The van der Waals surface area contributed by atoms with E-state index in [-0.39, 0.29) is 5.69 Å². The lowest BCUT2D eigenvalue weighted by molar-refractivity contribution is 0.0563. The fourth-order valence-corrected chi connectivity index (χ4v) is 6.65. The van der Waals surface area contributed by atoms with Crippen molar-refractivity contribution in [3.63, 3.8) is 0 Å². The summed E-state index contributed by atoms with van der Waals surface area (Å²) in [6.45, 7) is 0. The topological polar surface area (TPSA) is 318 Å². The molecule has 0 aromatic carbocycles. The first-order valence-corrected chi connectivity index (χ1v) is 14.8. The van der Waals surface area contributed by atoms with Gasteiger partial charge >= 0.3 is 30.4 Å². The largest absolute Gasteiger partial charge is 0.477 e. The molecule has 32 heavy (non-hydrogen) atoms. The van der Waals surface area contributed by atoms with E-state index in [4.69, 9.17) is 43.9 Å². The summed E-state index contributed by atoms with van der Waals surface area (Å²) in [5.74, 6) is 0. The number of hydrogen-bond acceptors (Lipinski definition) is 11. The van der Waals surface area contributed by atoms with Crippen LogP contribution in [-0.2, 0) is 29.4 Å². The van der Waals surface area contributed by atoms with Crippen molar-refractivity contribution in [3.8, 4) is 0 Å². The third-order valence-electron chi connectivity index (χ3n) is 3.74. The third kappa shape index (κ3) is 6.73. The van der Waals surface area contributed by atoms with E-state index >= 15 is 0 Å². The molecular weight excluding hydrogens is 546 g/mol. The van der Waals surface area contributed by atoms with Gasteiger partial charge in [0, 0.05) is 12.6 Å². The van der Waals surface area contributed by atoms with Gasteiger partial charge in [0.15, 0.2) is 6.23 Å². The van der Waals surface area contributed by atoms with Gasteiger partial charge in [0.2, 0.25) is 0 Å². The maximum absolute atomic E-state index is 10.9. The van der Waals surface area contributed by atoms with Crippen LogP contribution in [0.2, 0.25) is 0 Å². The number of rotatable bonds is 8. The molecule has 1 aromatic heterocycles. The van der Waals surface area contributed by atoms with Crippen LogP contribution in [0, 0.1) is 0 Å². The van der Waals surface area contributed by atoms with E-state index in [0.717, 1.165) is 12.5 Å². The van der Waals surface area contributed by atoms with Gasteiger partial charge in [0.1, 0.15) is 6.26 Å². The van der Waals surface area contributed by atoms with Crippen LogP contribution in [-0.4, -0.2) is 74.5 Å². The molecule has 2 heterocycles. The molecule has 0 bridgehead atoms. The first-order chi connectivity index (χ1) is 14.2. The molecule has 0 saturated heterocycles. The molecule has 1 unspecified atom stereocenters. The molecule has 0 amide bonds. The van der Waals surface area contributed by atoms with Crippen LogP contribution < -0.4 is 5.32 Å². The van der Waals surface area contributed by atoms with Crippen molar-refractivity contribution in [1.82, 2.24) is 14.1 Å². The van der Waals surface area contributed by atoms with Gasteiger partial charge in [-0.1, -0.05) is 0 Å². The lowest BCUT2D eigenvalue weighted by Crippen LogP contribution is -2.37. The summed E-state index contributed by atoms with van der Waals surface area (Å²) >= 11 is 0.685. The van der Waals surface area contributed by atoms with Gasteiger partial charge in [-0.05, 0) is 0 Å². The van der Waals surface area contributed by atoms with Crippen molar-refractivity contribution in [1.29, 1.82) is 0 Å². The molecule has 0 fully saturated rings. The third-order valence-corrected chi connectivity index (χ3v) is 11.8. The second-order valence-electron chi connectivity index (χ2n) is 6.10. The van der Waals surface area contributed by atoms with Crippen LogP contribution >= 0.6 is 42.1 Å². The van der Waals surface area contributed by atoms with E-state index in [1.54, 1.807) is 0 Å². The van der Waals surface area contributed by atoms with Crippen molar-refractivity contribution in [3.05, 3.63) is 24.4 Å². The molecule has 23 heteroatoms. The number of nitrogens with one attached hydrogen (secondary N) is 1. The van der Waals surface area contributed by atoms with Gasteiger partial charge < -0.3 is 59.4 Å². The highest BCUT2D eigenvalue weighted by molar-refractivity contribution is 7.72. The van der Waals surface area contributed by atoms with Gasteiger partial charge in [-0.15, -0.1) is 0 Å². The minimum Gasteiger partial charge on any atom is -0.477 e. The number of hydrogen-bond donors (Lipinski definition) is 11. The zero-order valence-corrected chi connectivity index (χ0v) is 19.7. The molecule has 11 N–H and O–H groups in total. The Hall–Kier alpha value is -0.580. The summed E-state index contributed by atoms with van der Waals surface area (Å²) < 4.78 is 55.4. The van der Waals surface area contributed by atoms with Crippen molar-refractivity contribution in [2.24, 2.45) is 0 Å². The summed E-state index contributed by atoms with van der Waals surface area (Å²) in [5.41, 5.74) is -0.112. The summed E-state index contributed by atoms with van der Waals surface area (Å²) in [6, 6.07) is 0. The Balaban J connectivity index is 0.000000320. The Labute approximate surface area is 182 Å². The van der Waals surface area contributed by atoms with Crippen LogP contribution in [0.4, 0.5) is 0 Å². The van der Waals surface area contributed by atoms with Gasteiger partial charge in [-0.2, -0.15) is 8.75 Å². The highest BCUT2D eigenvalue weighted by Gasteiger charge is 2.61. The Kier molecular flexibility index (Phi) is 9.17. The van der Waals surface area contributed by atoms with Gasteiger partial charge in [0.05, 0.1) is 30.0 Å². The minimum atomic E-state index is -5.42. The van der Waals surface area contributed by atoms with Crippen molar-refractivity contribution in [2.75, 3.05) is 0 Å². The molecule has 1 aliphatic heterocycles. The number of aliphatic hydroxyl groups is 2. The maximum Gasteiger partial charge on any atom is 0.369 e. The van der Waals surface area contributed by atoms with E-state index in [9.17, 15) is 28.5 Å². The molecule has 2 rings (SSSR count). The summed E-state index contributed by atoms with van der Waals surface area (Å²) in [6.07, 6.45) is 0.424. The van der Waals surface area contributed by atoms with Crippen LogP contribution in [0.1, 0.15) is 12.1 Å². The molecule has 18 nitrogen and oxygen atoms in total. The summed E-state index contributed by atoms with van der Waals surface area (Å²) in [4.78, 5) is 70.4. The average molecular weight is 565 g/mol. The Morgan fingerprint density at radius 1 is 0.906 bits per heavy atom. The monoisotopic (exact) mass is 565 g/mol. The molecule has 0 aliphatic carbocycles. The molecule has 0 spiro atoms. The molecule has 1 aliphatic rings. The van der Waals surface area contributed by atoms with E-state index in [1.807, 2.05) is 0 Å². The van der Waals surface area contributed by atoms with E-state index in [2.05, 4.69) is 14.1 Å². The highest BCUT2D eigenvalue weighted by atomic mass is 32.1. The normalized spacial score (nSPS) is 17.9. The second-order valence-corrected chi connectivity index (χ2v) is 14.7. The van der Waals surface area contributed by atoms with Crippen molar-refractivity contribution < 1.29 is 72.4 Å². The number of ether oxygens (including phenoxy) is 1. The van der Waals surface area contributed by atoms with Crippen LogP contribution in [0.5, 0.6) is 0 Å². The average Bonchev–Trinajstić information content (AvgIpc) is 3.25. The molecule has 0 saturated carbocycles. The fraction of sp³-hybridized carbons (Fsp3) is 0.556. The van der Waals surface area contributed by atoms with Gasteiger partial charge in [0.25, 0.3) is 10.2 Å². The first kappa shape index (κ1) is 29.5. The quantitative estimate of drug-likeness (QED) is 0.150. The molecule has 0 radical (unpaired) electrons. The highest BCUT2D eigenvalue weighted by Crippen LogP contribution is 2.69. The Morgan fingerprint density at radius 3 is 1.69 bits per heavy atom. The fourth-order valence-electron chi connectivity index (χ4n) is 1.96. The van der Waals surface area contributed by atoms with Crippen molar-refractivity contribution >= 4 is 42.1 Å². The summed E-state index contributed by atoms with van der Waals surface area (Å²) in [5, 5.41) is 14.4. The van der Waals surface area contributed by atoms with Gasteiger partial charge in [-0.3, -0.25) is 18.3 Å². The molecule has 186 valence electrons. The van der Waals surface area contributed by atoms with E-state index in [0.29, 0.717) is 11.7 Å². The number of nitrogens with zero attached hydrogens (tertiary/aromatic N) is 2. The van der Waals surface area contributed by atoms with Crippen molar-refractivity contribution in [2.45, 2.75) is 29.2 Å². The standard InChI is InChI=1S/C5H11NO8P2.C4H8N2O7P2S/c7-5(15(8,9)10,16(11,12)13)3-4-6-1-2-14-4;7-4(14(8,9)10,15(11,12)13)1-3-2-5-16-6-3/h1-2,4,6-7H,3H2,(H2,8,9,10)(H2,11,12,13);2,7H,1H2,(H2,8,9,10)(H2,11,12,13). The minimum absolute atomic E-state index is 0.112. The smallest absolute Gasteiger partial charge is 0.369 e. The molecule has 1 atom stereocenters.